The largest absolute Gasteiger partial charge is 0.480 e. The minimum atomic E-state index is -0.847. The van der Waals surface area contributed by atoms with Crippen LogP contribution >= 0.6 is 0 Å². The zero-order valence-electron chi connectivity index (χ0n) is 7.74. The molecule has 0 fully saturated rings. The Morgan fingerprint density at radius 1 is 1.38 bits per heavy atom. The average Bonchev–Trinajstić information content (AvgIpc) is 2.08. The maximum absolute atomic E-state index is 10.5. The second-order valence-corrected chi connectivity index (χ2v) is 3.07. The first kappa shape index (κ1) is 9.58. The van der Waals surface area contributed by atoms with Crippen LogP contribution in [0.15, 0.2) is 24.3 Å². The number of hydrogen-bond donors (Lipinski definition) is 2. The van der Waals surface area contributed by atoms with Crippen LogP contribution in [0.2, 0.25) is 0 Å². The van der Waals surface area contributed by atoms with Crippen LogP contribution in [-0.2, 0) is 4.79 Å². The lowest BCUT2D eigenvalue weighted by molar-refractivity contribution is -0.137. The molecule has 1 atom stereocenters. The summed E-state index contributed by atoms with van der Waals surface area (Å²) in [7, 11) is 0. The maximum Gasteiger partial charge on any atom is 0.325 e. The number of carboxylic acids is 1. The summed E-state index contributed by atoms with van der Waals surface area (Å²) < 4.78 is 0. The van der Waals surface area contributed by atoms with Crippen LogP contribution in [0.1, 0.15) is 12.5 Å². The van der Waals surface area contributed by atoms with Crippen molar-refractivity contribution in [2.45, 2.75) is 19.9 Å². The van der Waals surface area contributed by atoms with Crippen molar-refractivity contribution in [3.63, 3.8) is 0 Å². The van der Waals surface area contributed by atoms with Crippen LogP contribution in [0.25, 0.3) is 0 Å². The zero-order valence-corrected chi connectivity index (χ0v) is 7.74. The zero-order chi connectivity index (χ0) is 9.84. The van der Waals surface area contributed by atoms with Crippen LogP contribution in [0.3, 0.4) is 0 Å². The van der Waals surface area contributed by atoms with Crippen LogP contribution in [0.5, 0.6) is 0 Å². The van der Waals surface area contributed by atoms with Gasteiger partial charge in [0, 0.05) is 5.69 Å². The highest BCUT2D eigenvalue weighted by atomic mass is 16.4. The highest BCUT2D eigenvalue weighted by Gasteiger charge is 2.08. The van der Waals surface area contributed by atoms with Crippen LogP contribution in [0.4, 0.5) is 5.69 Å². The first-order valence-corrected chi connectivity index (χ1v) is 4.15. The Balaban J connectivity index is 2.64. The molecule has 3 heteroatoms. The number of anilines is 1. The topological polar surface area (TPSA) is 49.3 Å². The van der Waals surface area contributed by atoms with Crippen molar-refractivity contribution in [3.05, 3.63) is 29.8 Å². The molecule has 1 aromatic rings. The van der Waals surface area contributed by atoms with E-state index in [2.05, 4.69) is 5.32 Å². The van der Waals surface area contributed by atoms with E-state index in [0.29, 0.717) is 0 Å². The highest BCUT2D eigenvalue weighted by molar-refractivity contribution is 5.76. The molecule has 0 heterocycles. The number of benzene rings is 1. The molecule has 2 N–H and O–H groups in total. The molecule has 0 spiro atoms. The lowest BCUT2D eigenvalue weighted by atomic mass is 10.2. The molecule has 0 aliphatic carbocycles. The minimum absolute atomic E-state index is 0.553. The van der Waals surface area contributed by atoms with E-state index < -0.39 is 12.0 Å². The number of aryl methyl sites for hydroxylation is 1. The predicted octanol–water partition coefficient (Wildman–Crippen LogP) is 1.88. The summed E-state index contributed by atoms with van der Waals surface area (Å²) >= 11 is 0. The van der Waals surface area contributed by atoms with E-state index >= 15 is 0 Å². The summed E-state index contributed by atoms with van der Waals surface area (Å²) in [5.74, 6) is -0.847. The lowest BCUT2D eigenvalue weighted by Crippen LogP contribution is -2.25. The maximum atomic E-state index is 10.5. The SMILES string of the molecule is Cc1ccc(N[C@@H](C)C(=O)O)cc1. The van der Waals surface area contributed by atoms with E-state index in [0.717, 1.165) is 11.3 Å². The summed E-state index contributed by atoms with van der Waals surface area (Å²) in [6.07, 6.45) is 0. The van der Waals surface area contributed by atoms with Crippen molar-refractivity contribution in [1.82, 2.24) is 0 Å². The Labute approximate surface area is 77.4 Å². The van der Waals surface area contributed by atoms with Gasteiger partial charge in [-0.05, 0) is 26.0 Å². The quantitative estimate of drug-likeness (QED) is 0.744. The van der Waals surface area contributed by atoms with Gasteiger partial charge in [0.25, 0.3) is 0 Å². The molecular weight excluding hydrogens is 166 g/mol. The fourth-order valence-corrected chi connectivity index (χ4v) is 0.962. The van der Waals surface area contributed by atoms with E-state index in [1.165, 1.54) is 0 Å². The molecule has 70 valence electrons. The van der Waals surface area contributed by atoms with Crippen LogP contribution in [-0.4, -0.2) is 17.1 Å². The third kappa shape index (κ3) is 2.78. The van der Waals surface area contributed by atoms with Gasteiger partial charge in [0.15, 0.2) is 0 Å². The Kier molecular flexibility index (Phi) is 2.90. The fraction of sp³-hybridized carbons (Fsp3) is 0.300. The minimum Gasteiger partial charge on any atom is -0.480 e. The number of carbonyl (C=O) groups is 1. The lowest BCUT2D eigenvalue weighted by Gasteiger charge is -2.10. The normalized spacial score (nSPS) is 12.2. The van der Waals surface area contributed by atoms with Gasteiger partial charge < -0.3 is 10.4 Å². The van der Waals surface area contributed by atoms with Crippen LogP contribution in [0, 0.1) is 6.92 Å². The number of nitrogens with one attached hydrogen (secondary N) is 1. The van der Waals surface area contributed by atoms with Gasteiger partial charge in [-0.3, -0.25) is 4.79 Å². The summed E-state index contributed by atoms with van der Waals surface area (Å²) in [6, 6.07) is 7.07. The van der Waals surface area contributed by atoms with E-state index in [1.807, 2.05) is 31.2 Å². The third-order valence-corrected chi connectivity index (χ3v) is 1.81. The monoisotopic (exact) mass is 179 g/mol. The Bertz CT molecular complexity index is 292. The summed E-state index contributed by atoms with van der Waals surface area (Å²) in [5.41, 5.74) is 1.99. The van der Waals surface area contributed by atoms with Crippen LogP contribution < -0.4 is 5.32 Å². The smallest absolute Gasteiger partial charge is 0.325 e. The van der Waals surface area contributed by atoms with Gasteiger partial charge in [-0.1, -0.05) is 17.7 Å². The predicted molar refractivity (Wildman–Crippen MR) is 51.9 cm³/mol. The van der Waals surface area contributed by atoms with Crippen molar-refractivity contribution in [1.29, 1.82) is 0 Å². The molecule has 0 amide bonds. The van der Waals surface area contributed by atoms with Gasteiger partial charge in [0.1, 0.15) is 6.04 Å². The Hall–Kier alpha value is -1.51. The number of aliphatic carboxylic acids is 1. The highest BCUT2D eigenvalue weighted by Crippen LogP contribution is 2.09. The number of hydrogen-bond acceptors (Lipinski definition) is 2. The molecule has 0 aliphatic heterocycles. The standard InChI is InChI=1S/C10H13NO2/c1-7-3-5-9(6-4-7)11-8(2)10(12)13/h3-6,8,11H,1-2H3,(H,12,13)/t8-/m0/s1. The van der Waals surface area contributed by atoms with E-state index in [9.17, 15) is 4.79 Å². The molecule has 1 rings (SSSR count). The molecule has 13 heavy (non-hydrogen) atoms. The van der Waals surface area contributed by atoms with Crippen molar-refractivity contribution >= 4 is 11.7 Å². The first-order chi connectivity index (χ1) is 6.09. The summed E-state index contributed by atoms with van der Waals surface area (Å²) in [4.78, 5) is 10.5. The van der Waals surface area contributed by atoms with Gasteiger partial charge >= 0.3 is 5.97 Å². The van der Waals surface area contributed by atoms with Gasteiger partial charge in [0.2, 0.25) is 0 Å². The summed E-state index contributed by atoms with van der Waals surface area (Å²) in [6.45, 7) is 3.60. The average molecular weight is 179 g/mol. The van der Waals surface area contributed by atoms with Gasteiger partial charge in [-0.2, -0.15) is 0 Å². The Morgan fingerprint density at radius 2 is 1.92 bits per heavy atom. The number of rotatable bonds is 3. The molecule has 0 unspecified atom stereocenters. The van der Waals surface area contributed by atoms with Crippen molar-refractivity contribution in [3.8, 4) is 0 Å². The van der Waals surface area contributed by atoms with E-state index in [-0.39, 0.29) is 0 Å². The first-order valence-electron chi connectivity index (χ1n) is 4.15. The second-order valence-electron chi connectivity index (χ2n) is 3.07. The van der Waals surface area contributed by atoms with E-state index in [4.69, 9.17) is 5.11 Å². The van der Waals surface area contributed by atoms with Crippen molar-refractivity contribution in [2.24, 2.45) is 0 Å². The van der Waals surface area contributed by atoms with Crippen molar-refractivity contribution in [2.75, 3.05) is 5.32 Å². The molecule has 0 aromatic heterocycles. The number of carboxylic acid groups (broad SMARTS) is 1. The molecular formula is C10H13NO2. The van der Waals surface area contributed by atoms with Gasteiger partial charge in [-0.15, -0.1) is 0 Å². The van der Waals surface area contributed by atoms with Gasteiger partial charge in [-0.25, -0.2) is 0 Å². The molecule has 3 nitrogen and oxygen atoms in total. The third-order valence-electron chi connectivity index (χ3n) is 1.81. The van der Waals surface area contributed by atoms with Crippen molar-refractivity contribution < 1.29 is 9.90 Å². The molecule has 0 saturated carbocycles. The second kappa shape index (κ2) is 3.94. The fourth-order valence-electron chi connectivity index (χ4n) is 0.962. The summed E-state index contributed by atoms with van der Waals surface area (Å²) in [5, 5.41) is 11.5. The van der Waals surface area contributed by atoms with E-state index in [1.54, 1.807) is 6.92 Å². The molecule has 0 aliphatic rings. The molecule has 0 radical (unpaired) electrons. The Morgan fingerprint density at radius 3 is 2.38 bits per heavy atom. The van der Waals surface area contributed by atoms with Gasteiger partial charge in [0.05, 0.1) is 0 Å². The molecule has 1 aromatic carbocycles. The molecule has 0 bridgehead atoms. The molecule has 0 saturated heterocycles.